The van der Waals surface area contributed by atoms with E-state index in [2.05, 4.69) is 46.4 Å². The third-order valence-corrected chi connectivity index (χ3v) is 2.83. The molecule has 1 aromatic rings. The molecule has 72 valence electrons. The van der Waals surface area contributed by atoms with Gasteiger partial charge in [-0.15, -0.1) is 12.4 Å². The molecule has 1 nitrogen and oxygen atoms in total. The van der Waals surface area contributed by atoms with Gasteiger partial charge in [0.05, 0.1) is 0 Å². The molecule has 2 rings (SSSR count). The molecule has 0 saturated heterocycles. The van der Waals surface area contributed by atoms with Crippen molar-refractivity contribution < 1.29 is 0 Å². The van der Waals surface area contributed by atoms with Gasteiger partial charge in [0, 0.05) is 17.1 Å². The Morgan fingerprint density at radius 1 is 1.38 bits per heavy atom. The van der Waals surface area contributed by atoms with Crippen molar-refractivity contribution in [1.29, 1.82) is 0 Å². The van der Waals surface area contributed by atoms with E-state index in [1.165, 1.54) is 15.6 Å². The number of hydrogen-bond acceptors (Lipinski definition) is 1. The van der Waals surface area contributed by atoms with Crippen LogP contribution in [0.1, 0.15) is 18.1 Å². The summed E-state index contributed by atoms with van der Waals surface area (Å²) in [6, 6.07) is 7.17. The second-order valence-corrected chi connectivity index (χ2v) is 4.31. The van der Waals surface area contributed by atoms with E-state index in [0.717, 1.165) is 13.0 Å². The Hall–Kier alpha value is -0.0500. The van der Waals surface area contributed by atoms with Crippen LogP contribution in [0.15, 0.2) is 22.7 Å². The second-order valence-electron chi connectivity index (χ2n) is 3.40. The molecule has 1 heterocycles. The van der Waals surface area contributed by atoms with E-state index >= 15 is 0 Å². The second kappa shape index (κ2) is 4.45. The SMILES string of the molecule is C[C@H]1Cc2ccc(Br)cc2CN1.Cl. The van der Waals surface area contributed by atoms with E-state index in [4.69, 9.17) is 0 Å². The first-order valence-corrected chi connectivity index (χ1v) is 5.05. The summed E-state index contributed by atoms with van der Waals surface area (Å²) in [6.07, 6.45) is 1.16. The molecular formula is C10H13BrClN. The van der Waals surface area contributed by atoms with Gasteiger partial charge in [0.15, 0.2) is 0 Å². The zero-order chi connectivity index (χ0) is 8.55. The van der Waals surface area contributed by atoms with Crippen LogP contribution in [-0.4, -0.2) is 6.04 Å². The number of rotatable bonds is 0. The highest BCUT2D eigenvalue weighted by Crippen LogP contribution is 2.20. The van der Waals surface area contributed by atoms with Crippen LogP contribution >= 0.6 is 28.3 Å². The number of hydrogen-bond donors (Lipinski definition) is 1. The largest absolute Gasteiger partial charge is 0.310 e. The maximum absolute atomic E-state index is 3.48. The van der Waals surface area contributed by atoms with Crippen LogP contribution in [0.4, 0.5) is 0 Å². The van der Waals surface area contributed by atoms with Gasteiger partial charge in [-0.3, -0.25) is 0 Å². The zero-order valence-corrected chi connectivity index (χ0v) is 9.91. The summed E-state index contributed by atoms with van der Waals surface area (Å²) < 4.78 is 1.18. The minimum absolute atomic E-state index is 0. The van der Waals surface area contributed by atoms with Crippen LogP contribution in [0.5, 0.6) is 0 Å². The van der Waals surface area contributed by atoms with Crippen molar-refractivity contribution in [3.05, 3.63) is 33.8 Å². The van der Waals surface area contributed by atoms with Gasteiger partial charge in [-0.05, 0) is 36.6 Å². The molecule has 0 bridgehead atoms. The first kappa shape index (κ1) is 11.0. The van der Waals surface area contributed by atoms with Gasteiger partial charge in [-0.25, -0.2) is 0 Å². The van der Waals surface area contributed by atoms with Crippen molar-refractivity contribution in [2.75, 3.05) is 0 Å². The molecule has 1 aliphatic rings. The summed E-state index contributed by atoms with van der Waals surface area (Å²) in [4.78, 5) is 0. The highest BCUT2D eigenvalue weighted by Gasteiger charge is 2.13. The monoisotopic (exact) mass is 261 g/mol. The molecule has 0 spiro atoms. The van der Waals surface area contributed by atoms with Crippen molar-refractivity contribution >= 4 is 28.3 Å². The third-order valence-electron chi connectivity index (χ3n) is 2.34. The van der Waals surface area contributed by atoms with E-state index < -0.39 is 0 Å². The normalized spacial score (nSPS) is 20.3. The Kier molecular flexibility index (Phi) is 3.77. The Morgan fingerprint density at radius 2 is 2.15 bits per heavy atom. The minimum atomic E-state index is 0. The standard InChI is InChI=1S/C10H12BrN.ClH/c1-7-4-8-2-3-10(11)5-9(8)6-12-7;/h2-3,5,7,12H,4,6H2,1H3;1H/t7-;/m0./s1. The van der Waals surface area contributed by atoms with E-state index in [0.29, 0.717) is 6.04 Å². The summed E-state index contributed by atoms with van der Waals surface area (Å²) in [6.45, 7) is 3.24. The number of benzene rings is 1. The first-order chi connectivity index (χ1) is 5.75. The van der Waals surface area contributed by atoms with Gasteiger partial charge in [-0.2, -0.15) is 0 Å². The Bertz CT molecular complexity index is 301. The third kappa shape index (κ3) is 2.46. The van der Waals surface area contributed by atoms with Crippen molar-refractivity contribution in [3.63, 3.8) is 0 Å². The van der Waals surface area contributed by atoms with E-state index in [9.17, 15) is 0 Å². The zero-order valence-electron chi connectivity index (χ0n) is 7.51. The summed E-state index contributed by atoms with van der Waals surface area (Å²) in [5, 5.41) is 3.44. The predicted octanol–water partition coefficient (Wildman–Crippen LogP) is 2.91. The van der Waals surface area contributed by atoms with E-state index in [-0.39, 0.29) is 12.4 Å². The lowest BCUT2D eigenvalue weighted by atomic mass is 9.97. The molecule has 13 heavy (non-hydrogen) atoms. The lowest BCUT2D eigenvalue weighted by Crippen LogP contribution is -2.32. The van der Waals surface area contributed by atoms with Crippen LogP contribution in [0.25, 0.3) is 0 Å². The Balaban J connectivity index is 0.000000845. The highest BCUT2D eigenvalue weighted by molar-refractivity contribution is 9.10. The van der Waals surface area contributed by atoms with Gasteiger partial charge in [0.25, 0.3) is 0 Å². The van der Waals surface area contributed by atoms with Crippen LogP contribution in [0.3, 0.4) is 0 Å². The smallest absolute Gasteiger partial charge is 0.0211 e. The number of halogens is 2. The highest BCUT2D eigenvalue weighted by atomic mass is 79.9. The molecule has 1 aliphatic heterocycles. The van der Waals surface area contributed by atoms with Crippen LogP contribution in [-0.2, 0) is 13.0 Å². The summed E-state index contributed by atoms with van der Waals surface area (Å²) in [7, 11) is 0. The van der Waals surface area contributed by atoms with Crippen molar-refractivity contribution in [1.82, 2.24) is 5.32 Å². The molecule has 0 amide bonds. The van der Waals surface area contributed by atoms with E-state index in [1.807, 2.05) is 0 Å². The molecule has 1 N–H and O–H groups in total. The molecule has 0 saturated carbocycles. The fraction of sp³-hybridized carbons (Fsp3) is 0.400. The summed E-state index contributed by atoms with van der Waals surface area (Å²) in [5.74, 6) is 0. The summed E-state index contributed by atoms with van der Waals surface area (Å²) >= 11 is 3.48. The molecule has 0 fully saturated rings. The average Bonchev–Trinajstić information content (AvgIpc) is 2.05. The van der Waals surface area contributed by atoms with Gasteiger partial charge in [-0.1, -0.05) is 22.0 Å². The van der Waals surface area contributed by atoms with E-state index in [1.54, 1.807) is 0 Å². The van der Waals surface area contributed by atoms with Crippen LogP contribution in [0, 0.1) is 0 Å². The maximum Gasteiger partial charge on any atom is 0.0211 e. The molecule has 0 radical (unpaired) electrons. The first-order valence-electron chi connectivity index (χ1n) is 4.26. The Morgan fingerprint density at radius 3 is 2.92 bits per heavy atom. The molecule has 0 unspecified atom stereocenters. The van der Waals surface area contributed by atoms with Crippen LogP contribution < -0.4 is 5.32 Å². The van der Waals surface area contributed by atoms with Crippen molar-refractivity contribution in [2.45, 2.75) is 25.9 Å². The molecule has 0 aromatic heterocycles. The van der Waals surface area contributed by atoms with Crippen molar-refractivity contribution in [2.24, 2.45) is 0 Å². The van der Waals surface area contributed by atoms with Gasteiger partial charge in [0.2, 0.25) is 0 Å². The molecular weight excluding hydrogens is 249 g/mol. The molecule has 1 aromatic carbocycles. The lowest BCUT2D eigenvalue weighted by Gasteiger charge is -2.23. The Labute approximate surface area is 93.5 Å². The van der Waals surface area contributed by atoms with Crippen LogP contribution in [0.2, 0.25) is 0 Å². The summed E-state index contributed by atoms with van der Waals surface area (Å²) in [5.41, 5.74) is 2.92. The fourth-order valence-corrected chi connectivity index (χ4v) is 2.05. The number of nitrogens with one attached hydrogen (secondary N) is 1. The molecule has 3 heteroatoms. The molecule has 0 aliphatic carbocycles. The quantitative estimate of drug-likeness (QED) is 0.758. The van der Waals surface area contributed by atoms with Crippen molar-refractivity contribution in [3.8, 4) is 0 Å². The average molecular weight is 263 g/mol. The topological polar surface area (TPSA) is 12.0 Å². The fourth-order valence-electron chi connectivity index (χ4n) is 1.64. The van der Waals surface area contributed by atoms with Gasteiger partial charge >= 0.3 is 0 Å². The predicted molar refractivity (Wildman–Crippen MR) is 61.4 cm³/mol. The minimum Gasteiger partial charge on any atom is -0.310 e. The lowest BCUT2D eigenvalue weighted by molar-refractivity contribution is 0.513. The maximum atomic E-state index is 3.48. The van der Waals surface area contributed by atoms with Gasteiger partial charge in [0.1, 0.15) is 0 Å². The number of fused-ring (bicyclic) bond motifs is 1. The van der Waals surface area contributed by atoms with Gasteiger partial charge < -0.3 is 5.32 Å². The molecule has 1 atom stereocenters.